The third-order valence-corrected chi connectivity index (χ3v) is 3.96. The molecule has 3 aliphatic heterocycles. The lowest BCUT2D eigenvalue weighted by Gasteiger charge is -2.54. The number of carbonyl (C=O) groups excluding carboxylic acids is 3. The minimum absolute atomic E-state index is 0.00307. The molecular formula is C18H30N2O6. The molecule has 26 heavy (non-hydrogen) atoms. The van der Waals surface area contributed by atoms with E-state index in [1.807, 2.05) is 20.8 Å². The van der Waals surface area contributed by atoms with Crippen molar-refractivity contribution in [1.82, 2.24) is 9.80 Å². The fourth-order valence-electron chi connectivity index (χ4n) is 2.58. The van der Waals surface area contributed by atoms with E-state index in [0.717, 1.165) is 13.0 Å². The monoisotopic (exact) mass is 370 g/mol. The highest BCUT2D eigenvalue weighted by Gasteiger charge is 2.51. The fraction of sp³-hybridized carbons (Fsp3) is 0.833. The summed E-state index contributed by atoms with van der Waals surface area (Å²) in [6, 6.07) is 0. The van der Waals surface area contributed by atoms with Gasteiger partial charge >= 0.3 is 12.2 Å². The molecule has 0 N–H and O–H groups in total. The van der Waals surface area contributed by atoms with Gasteiger partial charge in [0.05, 0.1) is 32.8 Å². The normalized spacial score (nSPS) is 20.9. The van der Waals surface area contributed by atoms with Gasteiger partial charge in [0.15, 0.2) is 5.78 Å². The van der Waals surface area contributed by atoms with Crippen molar-refractivity contribution in [3.8, 4) is 0 Å². The van der Waals surface area contributed by atoms with E-state index in [0.29, 0.717) is 13.1 Å². The highest BCUT2D eigenvalue weighted by Crippen LogP contribution is 2.36. The Kier molecular flexibility index (Phi) is 5.56. The molecule has 0 aromatic carbocycles. The number of amides is 2. The Morgan fingerprint density at radius 3 is 1.65 bits per heavy atom. The molecule has 3 fully saturated rings. The summed E-state index contributed by atoms with van der Waals surface area (Å²) in [6.45, 7) is 13.7. The standard InChI is InChI=1S/C10H17NO3.C8H13NO3/c1-9(2,3)14-8(12)11-6-10(7-11)4-5-13-10;1-8(2,3)12-7(11)9-4-6(10)5-9/h4-7H2,1-3H3;4-5H2,1-3H3. The molecule has 0 bridgehead atoms. The van der Waals surface area contributed by atoms with E-state index in [1.165, 1.54) is 4.90 Å². The summed E-state index contributed by atoms with van der Waals surface area (Å²) < 4.78 is 15.7. The van der Waals surface area contributed by atoms with Crippen LogP contribution in [0.25, 0.3) is 0 Å². The number of hydrogen-bond donors (Lipinski definition) is 0. The number of ketones is 1. The van der Waals surface area contributed by atoms with E-state index < -0.39 is 17.3 Å². The Bertz CT molecular complexity index is 555. The van der Waals surface area contributed by atoms with Crippen molar-refractivity contribution in [3.63, 3.8) is 0 Å². The van der Waals surface area contributed by atoms with Crippen LogP contribution in [-0.2, 0) is 19.0 Å². The molecule has 0 radical (unpaired) electrons. The molecule has 0 atom stereocenters. The van der Waals surface area contributed by atoms with Crippen LogP contribution in [0.5, 0.6) is 0 Å². The van der Waals surface area contributed by atoms with Crippen molar-refractivity contribution in [3.05, 3.63) is 0 Å². The molecule has 3 aliphatic rings. The first kappa shape index (κ1) is 20.5. The number of rotatable bonds is 0. The quantitative estimate of drug-likeness (QED) is 0.650. The Morgan fingerprint density at radius 2 is 1.35 bits per heavy atom. The van der Waals surface area contributed by atoms with E-state index in [4.69, 9.17) is 14.2 Å². The molecule has 8 nitrogen and oxygen atoms in total. The summed E-state index contributed by atoms with van der Waals surface area (Å²) in [5.41, 5.74) is -0.882. The second-order valence-electron chi connectivity index (χ2n) is 8.99. The third-order valence-electron chi connectivity index (χ3n) is 3.96. The van der Waals surface area contributed by atoms with Crippen LogP contribution in [0, 0.1) is 0 Å². The van der Waals surface area contributed by atoms with Crippen LogP contribution in [0.2, 0.25) is 0 Å². The second kappa shape index (κ2) is 7.06. The minimum atomic E-state index is -0.476. The van der Waals surface area contributed by atoms with Crippen LogP contribution in [-0.4, -0.2) is 77.4 Å². The first-order valence-electron chi connectivity index (χ1n) is 8.90. The Labute approximate surface area is 154 Å². The van der Waals surface area contributed by atoms with Crippen LogP contribution in [0.3, 0.4) is 0 Å². The molecular weight excluding hydrogens is 340 g/mol. The molecule has 0 aliphatic carbocycles. The molecule has 0 aromatic rings. The first-order chi connectivity index (χ1) is 11.8. The summed E-state index contributed by atoms with van der Waals surface area (Å²) >= 11 is 0. The molecule has 0 saturated carbocycles. The van der Waals surface area contributed by atoms with Crippen LogP contribution in [0.15, 0.2) is 0 Å². The van der Waals surface area contributed by atoms with Gasteiger partial charge in [0, 0.05) is 6.42 Å². The summed E-state index contributed by atoms with van der Waals surface area (Å²) in [5.74, 6) is 0.0841. The molecule has 3 rings (SSSR count). The van der Waals surface area contributed by atoms with Gasteiger partial charge in [-0.25, -0.2) is 9.59 Å². The van der Waals surface area contributed by atoms with E-state index in [9.17, 15) is 14.4 Å². The summed E-state index contributed by atoms with van der Waals surface area (Å²) in [4.78, 5) is 36.3. The fourth-order valence-corrected chi connectivity index (χ4v) is 2.58. The van der Waals surface area contributed by atoms with Gasteiger partial charge in [-0.3, -0.25) is 9.69 Å². The van der Waals surface area contributed by atoms with Crippen molar-refractivity contribution in [2.24, 2.45) is 0 Å². The lowest BCUT2D eigenvalue weighted by atomic mass is 9.87. The van der Waals surface area contributed by atoms with E-state index in [2.05, 4.69) is 0 Å². The zero-order chi connectivity index (χ0) is 19.8. The molecule has 0 unspecified atom stereocenters. The molecule has 8 heteroatoms. The van der Waals surface area contributed by atoms with Crippen LogP contribution in [0.1, 0.15) is 48.0 Å². The number of Topliss-reactive ketones (excluding diaryl/α,β-unsaturated/α-hetero) is 1. The predicted octanol–water partition coefficient (Wildman–Crippen LogP) is 2.20. The molecule has 0 aromatic heterocycles. The van der Waals surface area contributed by atoms with Gasteiger partial charge in [0.1, 0.15) is 16.8 Å². The van der Waals surface area contributed by atoms with Crippen molar-refractivity contribution in [1.29, 1.82) is 0 Å². The average molecular weight is 370 g/mol. The largest absolute Gasteiger partial charge is 0.444 e. The molecule has 3 saturated heterocycles. The van der Waals surface area contributed by atoms with Gasteiger partial charge in [-0.05, 0) is 41.5 Å². The highest BCUT2D eigenvalue weighted by molar-refractivity contribution is 5.94. The summed E-state index contributed by atoms with van der Waals surface area (Å²) in [7, 11) is 0. The van der Waals surface area contributed by atoms with Gasteiger partial charge in [-0.2, -0.15) is 0 Å². The van der Waals surface area contributed by atoms with Gasteiger partial charge in [-0.1, -0.05) is 0 Å². The second-order valence-corrected chi connectivity index (χ2v) is 8.99. The van der Waals surface area contributed by atoms with Crippen molar-refractivity contribution >= 4 is 18.0 Å². The van der Waals surface area contributed by atoms with Crippen molar-refractivity contribution < 1.29 is 28.6 Å². The lowest BCUT2D eigenvalue weighted by Crippen LogP contribution is -2.69. The number of carbonyl (C=O) groups is 3. The van der Waals surface area contributed by atoms with Crippen LogP contribution < -0.4 is 0 Å². The van der Waals surface area contributed by atoms with Crippen LogP contribution >= 0.6 is 0 Å². The zero-order valence-corrected chi connectivity index (χ0v) is 16.6. The average Bonchev–Trinajstić information content (AvgIpc) is 2.27. The molecule has 3 heterocycles. The zero-order valence-electron chi connectivity index (χ0n) is 16.6. The Balaban J connectivity index is 0.000000190. The molecule has 1 spiro atoms. The van der Waals surface area contributed by atoms with E-state index in [-0.39, 0.29) is 30.6 Å². The Hall–Kier alpha value is -1.83. The molecule has 148 valence electrons. The van der Waals surface area contributed by atoms with Gasteiger partial charge in [0.2, 0.25) is 0 Å². The van der Waals surface area contributed by atoms with E-state index in [1.54, 1.807) is 25.7 Å². The summed E-state index contributed by atoms with van der Waals surface area (Å²) in [6.07, 6.45) is 0.451. The minimum Gasteiger partial charge on any atom is -0.444 e. The lowest BCUT2D eigenvalue weighted by molar-refractivity contribution is -0.214. The first-order valence-corrected chi connectivity index (χ1v) is 8.90. The number of hydrogen-bond acceptors (Lipinski definition) is 6. The van der Waals surface area contributed by atoms with Gasteiger partial charge < -0.3 is 19.1 Å². The number of ether oxygens (including phenoxy) is 3. The number of likely N-dealkylation sites (tertiary alicyclic amines) is 2. The Morgan fingerprint density at radius 1 is 0.923 bits per heavy atom. The van der Waals surface area contributed by atoms with E-state index >= 15 is 0 Å². The maximum Gasteiger partial charge on any atom is 0.411 e. The van der Waals surface area contributed by atoms with Gasteiger partial charge in [0.25, 0.3) is 0 Å². The highest BCUT2D eigenvalue weighted by atomic mass is 16.6. The third kappa shape index (κ3) is 5.59. The SMILES string of the molecule is CC(C)(C)OC(=O)N1CC(=O)C1.CC(C)(C)OC(=O)N1CC2(CCO2)C1. The van der Waals surface area contributed by atoms with Crippen molar-refractivity contribution in [2.45, 2.75) is 64.8 Å². The predicted molar refractivity (Wildman–Crippen MR) is 93.9 cm³/mol. The summed E-state index contributed by atoms with van der Waals surface area (Å²) in [5, 5.41) is 0. The topological polar surface area (TPSA) is 85.4 Å². The number of nitrogens with zero attached hydrogens (tertiary/aromatic N) is 2. The smallest absolute Gasteiger partial charge is 0.411 e. The van der Waals surface area contributed by atoms with Gasteiger partial charge in [-0.15, -0.1) is 0 Å². The maximum absolute atomic E-state index is 11.5. The van der Waals surface area contributed by atoms with Crippen molar-refractivity contribution in [2.75, 3.05) is 32.8 Å². The maximum atomic E-state index is 11.5. The molecule has 2 amide bonds. The van der Waals surface area contributed by atoms with Crippen LogP contribution in [0.4, 0.5) is 9.59 Å².